The van der Waals surface area contributed by atoms with Crippen LogP contribution < -0.4 is 15.3 Å². The van der Waals surface area contributed by atoms with Crippen molar-refractivity contribution in [1.29, 1.82) is 0 Å². The molecule has 0 saturated carbocycles. The molecule has 1 aromatic heterocycles. The lowest BCUT2D eigenvalue weighted by Crippen LogP contribution is -2.25. The molecule has 120 valence electrons. The number of para-hydroxylation sites is 1. The Labute approximate surface area is 135 Å². The molecule has 0 unspecified atom stereocenters. The van der Waals surface area contributed by atoms with E-state index in [2.05, 4.69) is 10.5 Å². The third kappa shape index (κ3) is 4.62. The monoisotopic (exact) mass is 335 g/mol. The lowest BCUT2D eigenvalue weighted by molar-refractivity contribution is -0.254. The molecule has 1 heterocycles. The minimum absolute atomic E-state index is 0.0276. The summed E-state index contributed by atoms with van der Waals surface area (Å²) in [4.78, 5) is 23.0. The van der Waals surface area contributed by atoms with Crippen molar-refractivity contribution in [3.8, 4) is 5.75 Å². The lowest BCUT2D eigenvalue weighted by atomic mass is 10.3. The zero-order chi connectivity index (χ0) is 16.8. The van der Waals surface area contributed by atoms with E-state index < -0.39 is 24.3 Å². The molecule has 0 saturated heterocycles. The van der Waals surface area contributed by atoms with Gasteiger partial charge in [0.15, 0.2) is 18.2 Å². The number of aromatic carboxylic acids is 1. The molecule has 1 amide bonds. The molecular weight excluding hydrogens is 323 g/mol. The number of hydrogen-bond donors (Lipinski definition) is 1. The van der Waals surface area contributed by atoms with Gasteiger partial charge in [0.25, 0.3) is 5.91 Å². The van der Waals surface area contributed by atoms with Crippen LogP contribution in [-0.4, -0.2) is 24.2 Å². The maximum Gasteiger partial charge on any atom is 0.277 e. The molecule has 1 N–H and O–H groups in total. The standard InChI is InChI=1S/C15H13FN2O4S/c1-9(12-6-7-13(23-12)15(20)21)17-18-14(19)8-22-11-5-3-2-4-10(11)16/h2-7H,8H2,1H3,(H,18,19)(H,20,21)/p-1/b17-9-. The molecule has 1 aromatic carbocycles. The summed E-state index contributed by atoms with van der Waals surface area (Å²) in [7, 11) is 0. The summed E-state index contributed by atoms with van der Waals surface area (Å²) < 4.78 is 18.3. The molecule has 0 radical (unpaired) electrons. The van der Waals surface area contributed by atoms with Crippen LogP contribution in [0.2, 0.25) is 0 Å². The van der Waals surface area contributed by atoms with Gasteiger partial charge in [0, 0.05) is 0 Å². The highest BCUT2D eigenvalue weighted by Gasteiger charge is 2.07. The number of hydrogen-bond acceptors (Lipinski definition) is 6. The number of carbonyl (C=O) groups excluding carboxylic acids is 2. The van der Waals surface area contributed by atoms with Crippen LogP contribution in [0.25, 0.3) is 0 Å². The molecule has 0 spiro atoms. The summed E-state index contributed by atoms with van der Waals surface area (Å²) in [6, 6.07) is 8.70. The number of benzene rings is 1. The predicted octanol–water partition coefficient (Wildman–Crippen LogP) is 1.17. The van der Waals surface area contributed by atoms with Gasteiger partial charge in [-0.15, -0.1) is 11.3 Å². The van der Waals surface area contributed by atoms with Crippen molar-refractivity contribution in [2.75, 3.05) is 6.61 Å². The number of rotatable bonds is 6. The number of nitrogens with one attached hydrogen (secondary N) is 1. The van der Waals surface area contributed by atoms with Crippen LogP contribution in [-0.2, 0) is 4.79 Å². The number of amides is 1. The average Bonchev–Trinajstić information content (AvgIpc) is 3.02. The molecule has 0 bridgehead atoms. The molecule has 8 heteroatoms. The van der Waals surface area contributed by atoms with E-state index in [0.717, 1.165) is 11.3 Å². The fraction of sp³-hybridized carbons (Fsp3) is 0.133. The van der Waals surface area contributed by atoms with Crippen LogP contribution >= 0.6 is 11.3 Å². The Morgan fingerprint density at radius 2 is 1.96 bits per heavy atom. The van der Waals surface area contributed by atoms with Gasteiger partial charge in [-0.25, -0.2) is 9.82 Å². The number of ether oxygens (including phenoxy) is 1. The first kappa shape index (κ1) is 16.6. The Balaban J connectivity index is 1.89. The second kappa shape index (κ2) is 7.50. The molecular formula is C15H12FN2O4S-. The van der Waals surface area contributed by atoms with Gasteiger partial charge >= 0.3 is 0 Å². The van der Waals surface area contributed by atoms with Gasteiger partial charge in [0.1, 0.15) is 0 Å². The summed E-state index contributed by atoms with van der Waals surface area (Å²) in [5.41, 5.74) is 2.69. The summed E-state index contributed by atoms with van der Waals surface area (Å²) in [5.74, 6) is -2.42. The second-order valence-electron chi connectivity index (χ2n) is 4.40. The minimum atomic E-state index is -1.27. The molecule has 0 atom stereocenters. The highest BCUT2D eigenvalue weighted by atomic mass is 32.1. The fourth-order valence-electron chi connectivity index (χ4n) is 1.58. The zero-order valence-electron chi connectivity index (χ0n) is 12.0. The van der Waals surface area contributed by atoms with Crippen molar-refractivity contribution in [1.82, 2.24) is 5.43 Å². The van der Waals surface area contributed by atoms with E-state index in [-0.39, 0.29) is 10.6 Å². The summed E-state index contributed by atoms with van der Waals surface area (Å²) in [5, 5.41) is 14.5. The molecule has 0 fully saturated rings. The van der Waals surface area contributed by atoms with Gasteiger partial charge in [-0.05, 0) is 31.2 Å². The number of halogens is 1. The molecule has 0 aliphatic heterocycles. The van der Waals surface area contributed by atoms with Crippen LogP contribution in [0.3, 0.4) is 0 Å². The molecule has 0 aliphatic rings. The third-order valence-electron chi connectivity index (χ3n) is 2.71. The van der Waals surface area contributed by atoms with Gasteiger partial charge in [0.2, 0.25) is 0 Å². The number of nitrogens with zero attached hydrogens (tertiary/aromatic N) is 1. The van der Waals surface area contributed by atoms with Crippen LogP contribution in [0.1, 0.15) is 21.5 Å². The normalized spacial score (nSPS) is 11.1. The van der Waals surface area contributed by atoms with Crippen molar-refractivity contribution >= 4 is 28.9 Å². The van der Waals surface area contributed by atoms with Crippen molar-refractivity contribution in [2.24, 2.45) is 5.10 Å². The van der Waals surface area contributed by atoms with Crippen LogP contribution in [0, 0.1) is 5.82 Å². The Bertz CT molecular complexity index is 757. The summed E-state index contributed by atoms with van der Waals surface area (Å²) in [6.07, 6.45) is 0. The van der Waals surface area contributed by atoms with Crippen molar-refractivity contribution in [3.63, 3.8) is 0 Å². The van der Waals surface area contributed by atoms with Crippen molar-refractivity contribution in [3.05, 3.63) is 52.0 Å². The Hall–Kier alpha value is -2.74. The van der Waals surface area contributed by atoms with E-state index in [1.54, 1.807) is 19.1 Å². The first-order valence-electron chi connectivity index (χ1n) is 6.49. The number of carbonyl (C=O) groups is 2. The van der Waals surface area contributed by atoms with E-state index in [0.29, 0.717) is 10.6 Å². The molecule has 0 aliphatic carbocycles. The number of carboxylic acids is 1. The third-order valence-corrected chi connectivity index (χ3v) is 3.88. The van der Waals surface area contributed by atoms with Gasteiger partial charge in [0.05, 0.1) is 21.4 Å². The Morgan fingerprint density at radius 1 is 1.26 bits per heavy atom. The topological polar surface area (TPSA) is 90.8 Å². The van der Waals surface area contributed by atoms with Crippen LogP contribution in [0.15, 0.2) is 41.5 Å². The van der Waals surface area contributed by atoms with E-state index in [1.807, 2.05) is 0 Å². The van der Waals surface area contributed by atoms with E-state index in [1.165, 1.54) is 24.3 Å². The Morgan fingerprint density at radius 3 is 2.61 bits per heavy atom. The maximum absolute atomic E-state index is 13.3. The summed E-state index contributed by atoms with van der Waals surface area (Å²) >= 11 is 0.988. The predicted molar refractivity (Wildman–Crippen MR) is 80.9 cm³/mol. The van der Waals surface area contributed by atoms with Gasteiger partial charge < -0.3 is 14.6 Å². The fourth-order valence-corrected chi connectivity index (χ4v) is 2.37. The maximum atomic E-state index is 13.3. The minimum Gasteiger partial charge on any atom is -0.544 e. The SMILES string of the molecule is C/C(=N/NC(=O)COc1ccccc1F)c1ccc(C(=O)[O-])s1. The van der Waals surface area contributed by atoms with Gasteiger partial charge in [-0.3, -0.25) is 4.79 Å². The smallest absolute Gasteiger partial charge is 0.277 e. The first-order valence-corrected chi connectivity index (χ1v) is 7.31. The van der Waals surface area contributed by atoms with Gasteiger partial charge in [-0.1, -0.05) is 12.1 Å². The molecule has 23 heavy (non-hydrogen) atoms. The van der Waals surface area contributed by atoms with Crippen LogP contribution in [0.5, 0.6) is 5.75 Å². The highest BCUT2D eigenvalue weighted by molar-refractivity contribution is 7.15. The molecule has 6 nitrogen and oxygen atoms in total. The van der Waals surface area contributed by atoms with Gasteiger partial charge in [-0.2, -0.15) is 5.10 Å². The average molecular weight is 335 g/mol. The zero-order valence-corrected chi connectivity index (χ0v) is 12.9. The molecule has 2 aromatic rings. The summed E-state index contributed by atoms with van der Waals surface area (Å²) in [6.45, 7) is 1.22. The number of hydrazone groups is 1. The lowest BCUT2D eigenvalue weighted by Gasteiger charge is -2.06. The van der Waals surface area contributed by atoms with E-state index in [9.17, 15) is 19.1 Å². The highest BCUT2D eigenvalue weighted by Crippen LogP contribution is 2.16. The number of thiophene rings is 1. The Kier molecular flexibility index (Phi) is 5.42. The molecule has 2 rings (SSSR count). The van der Waals surface area contributed by atoms with E-state index >= 15 is 0 Å². The van der Waals surface area contributed by atoms with E-state index in [4.69, 9.17) is 4.74 Å². The first-order chi connectivity index (χ1) is 11.0. The largest absolute Gasteiger partial charge is 0.544 e. The number of carboxylic acid groups (broad SMARTS) is 1. The second-order valence-corrected chi connectivity index (χ2v) is 5.49. The van der Waals surface area contributed by atoms with Crippen molar-refractivity contribution < 1.29 is 23.8 Å². The van der Waals surface area contributed by atoms with Crippen LogP contribution in [0.4, 0.5) is 4.39 Å². The van der Waals surface area contributed by atoms with Crippen molar-refractivity contribution in [2.45, 2.75) is 6.92 Å². The quantitative estimate of drug-likeness (QED) is 0.634.